The molecule has 70 valence electrons. The van der Waals surface area contributed by atoms with Crippen molar-refractivity contribution in [2.75, 3.05) is 6.61 Å². The molecule has 1 rings (SSSR count). The molecule has 2 heteroatoms. The van der Waals surface area contributed by atoms with Crippen LogP contribution >= 0.6 is 0 Å². The smallest absolute Gasteiger partial charge is 0.306 e. The molecule has 0 radical (unpaired) electrons. The van der Waals surface area contributed by atoms with Crippen LogP contribution < -0.4 is 0 Å². The van der Waals surface area contributed by atoms with Crippen LogP contribution in [0.2, 0.25) is 0 Å². The first kappa shape index (κ1) is 9.56. The largest absolute Gasteiger partial charge is 0.466 e. The van der Waals surface area contributed by atoms with Crippen LogP contribution in [0.1, 0.15) is 39.5 Å². The lowest BCUT2D eigenvalue weighted by atomic mass is 9.89. The Hall–Kier alpha value is -0.530. The minimum atomic E-state index is -0.0166. The predicted molar refractivity (Wildman–Crippen MR) is 47.8 cm³/mol. The molecule has 0 N–H and O–H groups in total. The SMILES string of the molecule is CCC1CCOC(=O)CC(C)C1. The van der Waals surface area contributed by atoms with E-state index in [1.807, 2.05) is 0 Å². The van der Waals surface area contributed by atoms with E-state index in [0.717, 1.165) is 12.3 Å². The number of carbonyl (C=O) groups is 1. The maximum absolute atomic E-state index is 11.0. The summed E-state index contributed by atoms with van der Waals surface area (Å²) < 4.78 is 5.05. The van der Waals surface area contributed by atoms with E-state index in [9.17, 15) is 4.79 Å². The fraction of sp³-hybridized carbons (Fsp3) is 0.900. The van der Waals surface area contributed by atoms with Crippen LogP contribution in [0.25, 0.3) is 0 Å². The van der Waals surface area contributed by atoms with Crippen molar-refractivity contribution in [3.8, 4) is 0 Å². The Labute approximate surface area is 74.3 Å². The van der Waals surface area contributed by atoms with Gasteiger partial charge >= 0.3 is 5.97 Å². The summed E-state index contributed by atoms with van der Waals surface area (Å²) in [6, 6.07) is 0. The molecule has 0 bridgehead atoms. The molecule has 0 aliphatic carbocycles. The highest BCUT2D eigenvalue weighted by Crippen LogP contribution is 2.23. The average Bonchev–Trinajstić information content (AvgIpc) is 1.99. The first-order chi connectivity index (χ1) is 5.72. The number of carbonyl (C=O) groups excluding carboxylic acids is 1. The molecule has 0 aromatic rings. The summed E-state index contributed by atoms with van der Waals surface area (Å²) >= 11 is 0. The summed E-state index contributed by atoms with van der Waals surface area (Å²) in [4.78, 5) is 11.0. The van der Waals surface area contributed by atoms with E-state index in [1.54, 1.807) is 0 Å². The summed E-state index contributed by atoms with van der Waals surface area (Å²) in [5.74, 6) is 1.24. The number of hydrogen-bond donors (Lipinski definition) is 0. The minimum absolute atomic E-state index is 0.0166. The molecule has 0 saturated carbocycles. The van der Waals surface area contributed by atoms with E-state index in [0.29, 0.717) is 18.9 Å². The molecule has 2 unspecified atom stereocenters. The molecular weight excluding hydrogens is 152 g/mol. The minimum Gasteiger partial charge on any atom is -0.466 e. The van der Waals surface area contributed by atoms with Crippen LogP contribution in [0.4, 0.5) is 0 Å². The van der Waals surface area contributed by atoms with Gasteiger partial charge in [-0.3, -0.25) is 4.79 Å². The lowest BCUT2D eigenvalue weighted by molar-refractivity contribution is -0.146. The highest BCUT2D eigenvalue weighted by molar-refractivity contribution is 5.69. The first-order valence-electron chi connectivity index (χ1n) is 4.88. The standard InChI is InChI=1S/C10H18O2/c1-3-9-4-5-12-10(11)7-8(2)6-9/h8-9H,3-7H2,1-2H3. The quantitative estimate of drug-likeness (QED) is 0.565. The first-order valence-corrected chi connectivity index (χ1v) is 4.88. The third kappa shape index (κ3) is 2.84. The van der Waals surface area contributed by atoms with Crippen LogP contribution in [-0.4, -0.2) is 12.6 Å². The van der Waals surface area contributed by atoms with E-state index in [-0.39, 0.29) is 5.97 Å². The van der Waals surface area contributed by atoms with Crippen molar-refractivity contribution in [1.82, 2.24) is 0 Å². The van der Waals surface area contributed by atoms with Gasteiger partial charge in [-0.1, -0.05) is 20.3 Å². The van der Waals surface area contributed by atoms with Crippen molar-refractivity contribution in [2.24, 2.45) is 11.8 Å². The van der Waals surface area contributed by atoms with Crippen LogP contribution in [0.3, 0.4) is 0 Å². The second-order valence-corrected chi connectivity index (χ2v) is 3.83. The van der Waals surface area contributed by atoms with Gasteiger partial charge in [0.25, 0.3) is 0 Å². The van der Waals surface area contributed by atoms with Crippen molar-refractivity contribution in [1.29, 1.82) is 0 Å². The zero-order valence-corrected chi connectivity index (χ0v) is 8.01. The van der Waals surface area contributed by atoms with Crippen molar-refractivity contribution in [2.45, 2.75) is 39.5 Å². The lowest BCUT2D eigenvalue weighted by Crippen LogP contribution is -2.19. The third-order valence-electron chi connectivity index (χ3n) is 2.62. The molecule has 0 aromatic heterocycles. The Bertz CT molecular complexity index is 154. The maximum atomic E-state index is 11.0. The average molecular weight is 170 g/mol. The molecule has 1 aliphatic rings. The molecule has 2 atom stereocenters. The predicted octanol–water partition coefficient (Wildman–Crippen LogP) is 2.38. The fourth-order valence-electron chi connectivity index (χ4n) is 1.82. The Morgan fingerprint density at radius 1 is 1.58 bits per heavy atom. The summed E-state index contributed by atoms with van der Waals surface area (Å²) in [7, 11) is 0. The van der Waals surface area contributed by atoms with Gasteiger partial charge in [-0.25, -0.2) is 0 Å². The van der Waals surface area contributed by atoms with Gasteiger partial charge < -0.3 is 4.74 Å². The highest BCUT2D eigenvalue weighted by atomic mass is 16.5. The Morgan fingerprint density at radius 2 is 2.33 bits per heavy atom. The van der Waals surface area contributed by atoms with Crippen LogP contribution in [0, 0.1) is 11.8 Å². The Balaban J connectivity index is 2.42. The number of ether oxygens (including phenoxy) is 1. The van der Waals surface area contributed by atoms with Crippen LogP contribution in [0.15, 0.2) is 0 Å². The van der Waals surface area contributed by atoms with Gasteiger partial charge in [-0.05, 0) is 24.7 Å². The van der Waals surface area contributed by atoms with Gasteiger partial charge in [0.1, 0.15) is 0 Å². The molecule has 1 aliphatic heterocycles. The summed E-state index contributed by atoms with van der Waals surface area (Å²) in [6.45, 7) is 4.97. The number of esters is 1. The van der Waals surface area contributed by atoms with Gasteiger partial charge in [0, 0.05) is 6.42 Å². The number of rotatable bonds is 1. The molecule has 0 spiro atoms. The zero-order chi connectivity index (χ0) is 8.97. The molecule has 0 aromatic carbocycles. The molecule has 2 nitrogen and oxygen atoms in total. The van der Waals surface area contributed by atoms with Gasteiger partial charge in [0.05, 0.1) is 6.61 Å². The van der Waals surface area contributed by atoms with E-state index >= 15 is 0 Å². The van der Waals surface area contributed by atoms with Crippen LogP contribution in [0.5, 0.6) is 0 Å². The second-order valence-electron chi connectivity index (χ2n) is 3.83. The Kier molecular flexibility index (Phi) is 3.57. The topological polar surface area (TPSA) is 26.3 Å². The molecule has 1 heterocycles. The fourth-order valence-corrected chi connectivity index (χ4v) is 1.82. The van der Waals surface area contributed by atoms with Gasteiger partial charge in [-0.15, -0.1) is 0 Å². The van der Waals surface area contributed by atoms with Gasteiger partial charge in [0.15, 0.2) is 0 Å². The third-order valence-corrected chi connectivity index (χ3v) is 2.62. The summed E-state index contributed by atoms with van der Waals surface area (Å²) in [6.07, 6.45) is 4.05. The van der Waals surface area contributed by atoms with Crippen molar-refractivity contribution < 1.29 is 9.53 Å². The van der Waals surface area contributed by atoms with Crippen molar-refractivity contribution in [3.05, 3.63) is 0 Å². The van der Waals surface area contributed by atoms with Crippen molar-refractivity contribution in [3.63, 3.8) is 0 Å². The van der Waals surface area contributed by atoms with Gasteiger partial charge in [-0.2, -0.15) is 0 Å². The zero-order valence-electron chi connectivity index (χ0n) is 8.01. The normalized spacial score (nSPS) is 32.0. The number of hydrogen-bond acceptors (Lipinski definition) is 2. The van der Waals surface area contributed by atoms with E-state index in [2.05, 4.69) is 13.8 Å². The summed E-state index contributed by atoms with van der Waals surface area (Å²) in [5.41, 5.74) is 0. The van der Waals surface area contributed by atoms with E-state index < -0.39 is 0 Å². The van der Waals surface area contributed by atoms with Gasteiger partial charge in [0.2, 0.25) is 0 Å². The highest BCUT2D eigenvalue weighted by Gasteiger charge is 2.18. The van der Waals surface area contributed by atoms with E-state index in [1.165, 1.54) is 12.8 Å². The molecule has 1 saturated heterocycles. The van der Waals surface area contributed by atoms with Crippen LogP contribution in [-0.2, 0) is 9.53 Å². The second kappa shape index (κ2) is 4.48. The summed E-state index contributed by atoms with van der Waals surface area (Å²) in [5, 5.41) is 0. The number of cyclic esters (lactones) is 1. The monoisotopic (exact) mass is 170 g/mol. The molecule has 0 amide bonds. The van der Waals surface area contributed by atoms with Crippen molar-refractivity contribution >= 4 is 5.97 Å². The molecule has 1 fully saturated rings. The maximum Gasteiger partial charge on any atom is 0.306 e. The molecule has 12 heavy (non-hydrogen) atoms. The van der Waals surface area contributed by atoms with E-state index in [4.69, 9.17) is 4.74 Å². The molecular formula is C10H18O2. The Morgan fingerprint density at radius 3 is 3.00 bits per heavy atom. The lowest BCUT2D eigenvalue weighted by Gasteiger charge is -2.22.